The second kappa shape index (κ2) is 27.8. The lowest BCUT2D eigenvalue weighted by Crippen LogP contribution is -2.51. The normalized spacial score (nSPS) is 30.5. The van der Waals surface area contributed by atoms with Gasteiger partial charge >= 0.3 is 11.9 Å². The molecule has 5 rings (SSSR count). The number of fused-ring (bicyclic) bond motifs is 2. The number of hydrogen-bond acceptors (Lipinski definition) is 9. The van der Waals surface area contributed by atoms with Crippen LogP contribution in [0.5, 0.6) is 0 Å². The number of ether oxygens (including phenoxy) is 2. The van der Waals surface area contributed by atoms with E-state index in [1.54, 1.807) is 13.0 Å². The molecule has 1 N–H and O–H groups in total. The van der Waals surface area contributed by atoms with Gasteiger partial charge in [0.2, 0.25) is 0 Å². The van der Waals surface area contributed by atoms with Crippen LogP contribution in [0.1, 0.15) is 227 Å². The molecular formula is C66H130O9Si4. The average Bonchev–Trinajstić information content (AvgIpc) is 3.65. The summed E-state index contributed by atoms with van der Waals surface area (Å²) in [6, 6.07) is 0. The molecule has 464 valence electrons. The van der Waals surface area contributed by atoms with Crippen LogP contribution in [-0.4, -0.2) is 95.6 Å². The Balaban J connectivity index is 0.000000396. The second-order valence-corrected chi connectivity index (χ2v) is 51.7. The molecule has 0 aromatic heterocycles. The van der Waals surface area contributed by atoms with Gasteiger partial charge in [-0.15, -0.1) is 0 Å². The lowest BCUT2D eigenvalue weighted by molar-refractivity contribution is -0.143. The summed E-state index contributed by atoms with van der Waals surface area (Å²) < 4.78 is 38.2. The first-order valence-electron chi connectivity index (χ1n) is 32.2. The van der Waals surface area contributed by atoms with Gasteiger partial charge in [-0.05, 0) is 228 Å². The number of aliphatic hydroxyl groups excluding tert-OH is 1. The summed E-state index contributed by atoms with van der Waals surface area (Å²) in [5, 5.41) is 8.48. The molecule has 5 aliphatic carbocycles. The Morgan fingerprint density at radius 2 is 1.03 bits per heavy atom. The topological polar surface area (TPSA) is 110 Å². The van der Waals surface area contributed by atoms with E-state index in [-0.39, 0.29) is 49.5 Å². The van der Waals surface area contributed by atoms with E-state index >= 15 is 0 Å². The molecule has 0 aliphatic heterocycles. The molecule has 0 aromatic carbocycles. The van der Waals surface area contributed by atoms with Crippen LogP contribution in [0.3, 0.4) is 0 Å². The number of esters is 2. The Hall–Kier alpha value is -0.652. The minimum absolute atomic E-state index is 0.0524. The number of aliphatic hydroxyl groups is 1. The van der Waals surface area contributed by atoms with Crippen molar-refractivity contribution in [3.63, 3.8) is 0 Å². The summed E-state index contributed by atoms with van der Waals surface area (Å²) in [6.45, 7) is 63.2. The predicted octanol–water partition coefficient (Wildman–Crippen LogP) is 18.9. The molecule has 5 unspecified atom stereocenters. The third-order valence-electron chi connectivity index (χ3n) is 23.3. The van der Waals surface area contributed by atoms with Gasteiger partial charge < -0.3 is 32.3 Å². The van der Waals surface area contributed by atoms with Gasteiger partial charge in [-0.25, -0.2) is 4.79 Å². The molecule has 11 atom stereocenters. The van der Waals surface area contributed by atoms with E-state index in [2.05, 4.69) is 162 Å². The van der Waals surface area contributed by atoms with Crippen LogP contribution in [0.25, 0.3) is 0 Å². The van der Waals surface area contributed by atoms with Crippen LogP contribution in [0.2, 0.25) is 72.5 Å². The van der Waals surface area contributed by atoms with E-state index in [9.17, 15) is 9.59 Å². The molecule has 0 spiro atoms. The largest absolute Gasteiger partial charge is 0.466 e. The minimum atomic E-state index is -1.82. The van der Waals surface area contributed by atoms with Crippen molar-refractivity contribution in [2.24, 2.45) is 51.2 Å². The van der Waals surface area contributed by atoms with Crippen LogP contribution in [0.15, 0.2) is 12.2 Å². The first kappa shape index (κ1) is 72.6. The molecule has 0 radical (unpaired) electrons. The molecule has 0 amide bonds. The maximum Gasteiger partial charge on any atom is 0.330 e. The molecule has 0 heterocycles. The maximum atomic E-state index is 12.2. The molecule has 5 fully saturated rings. The molecule has 79 heavy (non-hydrogen) atoms. The highest BCUT2D eigenvalue weighted by Crippen LogP contribution is 2.72. The average molecular weight is 1180 g/mol. The Morgan fingerprint density at radius 1 is 0.582 bits per heavy atom. The van der Waals surface area contributed by atoms with Gasteiger partial charge in [0, 0.05) is 44.5 Å². The fourth-order valence-electron chi connectivity index (χ4n) is 14.4. The van der Waals surface area contributed by atoms with Crippen LogP contribution < -0.4 is 0 Å². The number of carbonyl (C=O) groups is 2. The van der Waals surface area contributed by atoms with E-state index in [4.69, 9.17) is 32.3 Å². The maximum absolute atomic E-state index is 12.2. The van der Waals surface area contributed by atoms with Crippen LogP contribution >= 0.6 is 0 Å². The van der Waals surface area contributed by atoms with E-state index < -0.39 is 33.3 Å². The molecule has 9 nitrogen and oxygen atoms in total. The summed E-state index contributed by atoms with van der Waals surface area (Å²) in [6.07, 6.45) is 23.2. The Labute approximate surface area is 493 Å². The Bertz CT molecular complexity index is 1940. The Morgan fingerprint density at radius 3 is 1.49 bits per heavy atom. The van der Waals surface area contributed by atoms with Gasteiger partial charge in [0.15, 0.2) is 33.3 Å². The summed E-state index contributed by atoms with van der Waals surface area (Å²) in [5.74, 6) is 2.76. The highest BCUT2D eigenvalue weighted by atomic mass is 28.4. The van der Waals surface area contributed by atoms with Gasteiger partial charge in [-0.2, -0.15) is 0 Å². The number of hydrogen-bond donors (Lipinski definition) is 1. The monoisotopic (exact) mass is 1180 g/mol. The zero-order valence-corrected chi connectivity index (χ0v) is 60.8. The molecule has 0 bridgehead atoms. The van der Waals surface area contributed by atoms with Crippen LogP contribution in [-0.2, 0) is 36.8 Å². The van der Waals surface area contributed by atoms with Crippen molar-refractivity contribution < 1.29 is 41.9 Å². The van der Waals surface area contributed by atoms with Gasteiger partial charge in [0.1, 0.15) is 0 Å². The zero-order chi connectivity index (χ0) is 60.7. The van der Waals surface area contributed by atoms with Crippen molar-refractivity contribution >= 4 is 45.2 Å². The molecule has 5 saturated carbocycles. The van der Waals surface area contributed by atoms with Gasteiger partial charge in [0.25, 0.3) is 0 Å². The fraction of sp³-hybridized carbons (Fsp3) is 0.939. The van der Waals surface area contributed by atoms with Crippen molar-refractivity contribution in [3.05, 3.63) is 12.2 Å². The zero-order valence-electron chi connectivity index (χ0n) is 56.8. The quantitative estimate of drug-likeness (QED) is 0.0644. The molecule has 0 saturated heterocycles. The molecule has 5 aliphatic rings. The highest BCUT2D eigenvalue weighted by Gasteiger charge is 2.66. The SMILES string of the molecule is CCO.CCOC(=O)C=CC1CC1(CCO[Si](C)(C)C(C)(C)C)[C@H]1CCC2[C@@H](O[Si](C)(C)C(C)(C)C)CCC[C@@]21C.CCOC(=O)CCCC(C)(CCO[Si](C)(C)C(C)(C)C)[C@H]1CCC2[C@@H](O[Si](C)(C)C(C)(C)C)CCC[C@@]21C. The van der Waals surface area contributed by atoms with E-state index in [1.807, 2.05) is 13.8 Å². The molecule has 0 aromatic rings. The van der Waals surface area contributed by atoms with Crippen LogP contribution in [0.4, 0.5) is 0 Å². The first-order valence-corrected chi connectivity index (χ1v) is 43.8. The number of carbonyl (C=O) groups excluding carboxylic acids is 2. The first-order chi connectivity index (χ1) is 35.9. The predicted molar refractivity (Wildman–Crippen MR) is 344 cm³/mol. The highest BCUT2D eigenvalue weighted by molar-refractivity contribution is 6.75. The van der Waals surface area contributed by atoms with Crippen molar-refractivity contribution in [1.82, 2.24) is 0 Å². The van der Waals surface area contributed by atoms with E-state index in [0.717, 1.165) is 38.9 Å². The lowest BCUT2D eigenvalue weighted by Gasteiger charge is -2.52. The number of rotatable bonds is 22. The third kappa shape index (κ3) is 18.0. The minimum Gasteiger partial charge on any atom is -0.466 e. The molecular weight excluding hydrogens is 1050 g/mol. The van der Waals surface area contributed by atoms with Crippen molar-refractivity contribution in [1.29, 1.82) is 0 Å². The van der Waals surface area contributed by atoms with Gasteiger partial charge in [-0.3, -0.25) is 4.79 Å². The van der Waals surface area contributed by atoms with Crippen molar-refractivity contribution in [2.45, 2.75) is 312 Å². The van der Waals surface area contributed by atoms with Gasteiger partial charge in [-0.1, -0.05) is 123 Å². The summed E-state index contributed by atoms with van der Waals surface area (Å²) in [7, 11) is -7.25. The standard InChI is InChI=1S/C32H60O4Si2.C32H64O4Si2.C2H6O/c1-13-34-28(33)19-16-24-23-32(24,21-22-35-37(9,10)29(2,3)4)27-18-17-25-26(15-14-20-31(25,27)8)36-38(11,12)30(5,6)7;1-14-34-28(33)18-16-21-31(8,23-24-35-37(10,11)29(2,3)4)27-20-19-25-26(17-15-22-32(25,27)9)36-38(12,13)30(5,6)7;1-2-3/h16,19,24-27H,13-15,17-18,20-23H2,1-12H3;25-27H,14-24H2,1-13H3;3H,2H2,1H3/t24?,25?,26-,27-,31-,32?;25?,26-,27+,31?,32-;/m00./s1. The second-order valence-electron chi connectivity index (χ2n) is 32.6. The summed E-state index contributed by atoms with van der Waals surface area (Å²) >= 11 is 0. The van der Waals surface area contributed by atoms with Crippen LogP contribution in [0, 0.1) is 51.2 Å². The van der Waals surface area contributed by atoms with Gasteiger partial charge in [0.05, 0.1) is 13.2 Å². The number of allylic oxidation sites excluding steroid dienone is 1. The van der Waals surface area contributed by atoms with Crippen molar-refractivity contribution in [2.75, 3.05) is 33.0 Å². The fourth-order valence-corrected chi connectivity index (χ4v) is 19.3. The van der Waals surface area contributed by atoms with Crippen molar-refractivity contribution in [3.8, 4) is 0 Å². The summed E-state index contributed by atoms with van der Waals surface area (Å²) in [4.78, 5) is 24.4. The summed E-state index contributed by atoms with van der Waals surface area (Å²) in [5.41, 5.74) is 0.973. The molecule has 13 heteroatoms. The Kier molecular flexibility index (Phi) is 25.6. The van der Waals surface area contributed by atoms with E-state index in [0.29, 0.717) is 72.3 Å². The smallest absolute Gasteiger partial charge is 0.330 e. The lowest BCUT2D eigenvalue weighted by atomic mass is 9.56. The third-order valence-corrected chi connectivity index (χ3v) is 41.4. The van der Waals surface area contributed by atoms with E-state index in [1.165, 1.54) is 70.6 Å².